The van der Waals surface area contributed by atoms with Crippen LogP contribution in [0, 0.1) is 18.6 Å². The Kier molecular flexibility index (Phi) is 4.20. The van der Waals surface area contributed by atoms with E-state index in [0.717, 1.165) is 18.2 Å². The minimum absolute atomic E-state index is 0.0707. The molecule has 1 unspecified atom stereocenters. The number of halogens is 2. The number of rotatable bonds is 4. The molecule has 1 aromatic carbocycles. The van der Waals surface area contributed by atoms with Crippen molar-refractivity contribution in [1.29, 1.82) is 0 Å². The molecular formula is C14H13F2N3O3. The van der Waals surface area contributed by atoms with Crippen LogP contribution in [0.5, 0.6) is 0 Å². The summed E-state index contributed by atoms with van der Waals surface area (Å²) < 4.78 is 27.5. The highest BCUT2D eigenvalue weighted by molar-refractivity contribution is 5.95. The van der Waals surface area contributed by atoms with Crippen LogP contribution in [0.25, 0.3) is 0 Å². The molecule has 0 bridgehead atoms. The second kappa shape index (κ2) is 5.92. The maximum absolute atomic E-state index is 13.2. The highest BCUT2D eigenvalue weighted by Gasteiger charge is 2.25. The van der Waals surface area contributed by atoms with Gasteiger partial charge in [-0.25, -0.2) is 13.6 Å². The summed E-state index contributed by atoms with van der Waals surface area (Å²) in [5.41, 5.74) is 0.678. The van der Waals surface area contributed by atoms with E-state index in [1.165, 1.54) is 17.8 Å². The summed E-state index contributed by atoms with van der Waals surface area (Å²) in [6.07, 6.45) is 0. The van der Waals surface area contributed by atoms with E-state index >= 15 is 0 Å². The number of aromatic nitrogens is 2. The van der Waals surface area contributed by atoms with Gasteiger partial charge in [0.2, 0.25) is 0 Å². The predicted octanol–water partition coefficient (Wildman–Crippen LogP) is 1.56. The van der Waals surface area contributed by atoms with E-state index in [-0.39, 0.29) is 11.3 Å². The summed E-state index contributed by atoms with van der Waals surface area (Å²) in [6, 6.07) is 2.63. The molecule has 1 atom stereocenters. The van der Waals surface area contributed by atoms with Crippen molar-refractivity contribution in [2.75, 3.05) is 0 Å². The minimum atomic E-state index is -1.50. The predicted molar refractivity (Wildman–Crippen MR) is 72.1 cm³/mol. The number of nitrogens with one attached hydrogen (secondary N) is 1. The SMILES string of the molecule is Cc1cc(C(=O)NC(C(=O)O)c2ccc(F)c(F)c2)n(C)n1. The Bertz CT molecular complexity index is 743. The Morgan fingerprint density at radius 3 is 2.45 bits per heavy atom. The van der Waals surface area contributed by atoms with Crippen molar-refractivity contribution in [2.24, 2.45) is 7.05 Å². The molecule has 0 aliphatic rings. The molecule has 2 N–H and O–H groups in total. The van der Waals surface area contributed by atoms with Gasteiger partial charge in [0.1, 0.15) is 5.69 Å². The zero-order valence-corrected chi connectivity index (χ0v) is 11.8. The summed E-state index contributed by atoms with van der Waals surface area (Å²) in [7, 11) is 1.54. The summed E-state index contributed by atoms with van der Waals surface area (Å²) in [5.74, 6) is -4.35. The Balaban J connectivity index is 2.29. The molecule has 0 aliphatic heterocycles. The normalized spacial score (nSPS) is 12.0. The van der Waals surface area contributed by atoms with Crippen LogP contribution in [-0.2, 0) is 11.8 Å². The zero-order chi connectivity index (χ0) is 16.4. The van der Waals surface area contributed by atoms with Gasteiger partial charge in [-0.2, -0.15) is 5.10 Å². The Hall–Kier alpha value is -2.77. The summed E-state index contributed by atoms with van der Waals surface area (Å²) in [6.45, 7) is 1.68. The van der Waals surface area contributed by atoms with E-state index in [9.17, 15) is 23.5 Å². The average molecular weight is 309 g/mol. The first-order valence-corrected chi connectivity index (χ1v) is 6.29. The average Bonchev–Trinajstić information content (AvgIpc) is 2.78. The minimum Gasteiger partial charge on any atom is -0.479 e. The van der Waals surface area contributed by atoms with Crippen LogP contribution in [0.1, 0.15) is 27.8 Å². The van der Waals surface area contributed by atoms with E-state index in [4.69, 9.17) is 0 Å². The van der Waals surface area contributed by atoms with Crippen LogP contribution in [0.3, 0.4) is 0 Å². The molecule has 0 spiro atoms. The first-order chi connectivity index (χ1) is 10.3. The standard InChI is InChI=1S/C14H13F2N3O3/c1-7-5-11(19(2)18-7)13(20)17-12(14(21)22)8-3-4-9(15)10(16)6-8/h3-6,12H,1-2H3,(H,17,20)(H,21,22). The summed E-state index contributed by atoms with van der Waals surface area (Å²) in [4.78, 5) is 23.4. The van der Waals surface area contributed by atoms with Crippen molar-refractivity contribution in [2.45, 2.75) is 13.0 Å². The lowest BCUT2D eigenvalue weighted by molar-refractivity contribution is -0.139. The number of hydrogen-bond acceptors (Lipinski definition) is 3. The Labute approximate surface area is 124 Å². The number of carbonyl (C=O) groups is 2. The molecule has 1 amide bonds. The highest BCUT2D eigenvalue weighted by atomic mass is 19.2. The number of benzene rings is 1. The van der Waals surface area contributed by atoms with Gasteiger partial charge < -0.3 is 10.4 Å². The first kappa shape index (κ1) is 15.6. The number of carbonyl (C=O) groups excluding carboxylic acids is 1. The molecule has 22 heavy (non-hydrogen) atoms. The van der Waals surface area contributed by atoms with Gasteiger partial charge in [-0.05, 0) is 30.7 Å². The van der Waals surface area contributed by atoms with Crippen molar-refractivity contribution >= 4 is 11.9 Å². The number of aliphatic carboxylic acids is 1. The third-order valence-electron chi connectivity index (χ3n) is 3.03. The highest BCUT2D eigenvalue weighted by Crippen LogP contribution is 2.17. The van der Waals surface area contributed by atoms with Crippen LogP contribution in [0.15, 0.2) is 24.3 Å². The first-order valence-electron chi connectivity index (χ1n) is 6.29. The van der Waals surface area contributed by atoms with E-state index in [2.05, 4.69) is 10.4 Å². The Morgan fingerprint density at radius 2 is 1.95 bits per heavy atom. The lowest BCUT2D eigenvalue weighted by atomic mass is 10.1. The fraction of sp³-hybridized carbons (Fsp3) is 0.214. The van der Waals surface area contributed by atoms with Gasteiger partial charge in [0, 0.05) is 7.05 Å². The second-order valence-corrected chi connectivity index (χ2v) is 4.71. The number of carboxylic acid groups (broad SMARTS) is 1. The molecule has 116 valence electrons. The van der Waals surface area contributed by atoms with Gasteiger partial charge in [-0.15, -0.1) is 0 Å². The van der Waals surface area contributed by atoms with Gasteiger partial charge >= 0.3 is 5.97 Å². The summed E-state index contributed by atoms with van der Waals surface area (Å²) >= 11 is 0. The molecule has 6 nitrogen and oxygen atoms in total. The fourth-order valence-corrected chi connectivity index (χ4v) is 2.01. The molecule has 1 heterocycles. The van der Waals surface area contributed by atoms with E-state index in [1.807, 2.05) is 0 Å². The Morgan fingerprint density at radius 1 is 1.27 bits per heavy atom. The third kappa shape index (κ3) is 3.11. The van der Waals surface area contributed by atoms with Gasteiger partial charge in [-0.3, -0.25) is 9.48 Å². The van der Waals surface area contributed by atoms with Crippen molar-refractivity contribution in [3.05, 3.63) is 52.9 Å². The fourth-order valence-electron chi connectivity index (χ4n) is 2.01. The van der Waals surface area contributed by atoms with Crippen molar-refractivity contribution in [3.63, 3.8) is 0 Å². The monoisotopic (exact) mass is 309 g/mol. The van der Waals surface area contributed by atoms with Crippen LogP contribution in [0.4, 0.5) is 8.78 Å². The quantitative estimate of drug-likeness (QED) is 0.897. The van der Waals surface area contributed by atoms with Crippen LogP contribution in [-0.4, -0.2) is 26.8 Å². The van der Waals surface area contributed by atoms with Gasteiger partial charge in [0.05, 0.1) is 5.69 Å². The van der Waals surface area contributed by atoms with Gasteiger partial charge in [0.15, 0.2) is 17.7 Å². The molecular weight excluding hydrogens is 296 g/mol. The van der Waals surface area contributed by atoms with Crippen LogP contribution < -0.4 is 5.32 Å². The number of aryl methyl sites for hydroxylation is 2. The lowest BCUT2D eigenvalue weighted by Crippen LogP contribution is -2.34. The van der Waals surface area contributed by atoms with E-state index < -0.39 is 29.6 Å². The second-order valence-electron chi connectivity index (χ2n) is 4.71. The molecule has 0 saturated carbocycles. The number of carboxylic acids is 1. The van der Waals surface area contributed by atoms with Crippen LogP contribution in [0.2, 0.25) is 0 Å². The molecule has 2 rings (SSSR count). The van der Waals surface area contributed by atoms with E-state index in [0.29, 0.717) is 5.69 Å². The van der Waals surface area contributed by atoms with Crippen LogP contribution >= 0.6 is 0 Å². The molecule has 8 heteroatoms. The molecule has 0 fully saturated rings. The maximum Gasteiger partial charge on any atom is 0.330 e. The van der Waals surface area contributed by atoms with E-state index in [1.54, 1.807) is 6.92 Å². The molecule has 0 aliphatic carbocycles. The number of amides is 1. The van der Waals surface area contributed by atoms with Crippen molar-refractivity contribution in [1.82, 2.24) is 15.1 Å². The topological polar surface area (TPSA) is 84.2 Å². The van der Waals surface area contributed by atoms with Gasteiger partial charge in [-0.1, -0.05) is 6.07 Å². The van der Waals surface area contributed by atoms with Gasteiger partial charge in [0.25, 0.3) is 5.91 Å². The zero-order valence-electron chi connectivity index (χ0n) is 11.8. The molecule has 2 aromatic rings. The molecule has 0 saturated heterocycles. The smallest absolute Gasteiger partial charge is 0.330 e. The third-order valence-corrected chi connectivity index (χ3v) is 3.03. The largest absolute Gasteiger partial charge is 0.479 e. The van der Waals surface area contributed by atoms with Crippen molar-refractivity contribution in [3.8, 4) is 0 Å². The van der Waals surface area contributed by atoms with Crippen molar-refractivity contribution < 1.29 is 23.5 Å². The summed E-state index contributed by atoms with van der Waals surface area (Å²) in [5, 5.41) is 15.4. The lowest BCUT2D eigenvalue weighted by Gasteiger charge is -2.15. The molecule has 1 aromatic heterocycles. The number of nitrogens with zero attached hydrogens (tertiary/aromatic N) is 2. The molecule has 0 radical (unpaired) electrons. The maximum atomic E-state index is 13.2. The number of hydrogen-bond donors (Lipinski definition) is 2.